The number of esters is 2. The maximum Gasteiger partial charge on any atom is 0.362 e. The van der Waals surface area contributed by atoms with E-state index in [9.17, 15) is 19.8 Å². The summed E-state index contributed by atoms with van der Waals surface area (Å²) in [6.45, 7) is 6.32. The third-order valence-corrected chi connectivity index (χ3v) is 4.43. The number of nitrogens with zero attached hydrogens (tertiary/aromatic N) is 4. The molecule has 0 aliphatic rings. The van der Waals surface area contributed by atoms with Gasteiger partial charge in [-0.1, -0.05) is 24.3 Å². The molecule has 0 aliphatic carbocycles. The fourth-order valence-corrected chi connectivity index (χ4v) is 2.73. The first-order valence-corrected chi connectivity index (χ1v) is 10.9. The number of hydrogen-bond donors (Lipinski definition) is 2. The molecule has 0 aliphatic heterocycles. The highest BCUT2D eigenvalue weighted by Gasteiger charge is 2.14. The van der Waals surface area contributed by atoms with E-state index in [1.165, 1.54) is 13.8 Å². The van der Waals surface area contributed by atoms with Crippen molar-refractivity contribution in [3.8, 4) is 0 Å². The Labute approximate surface area is 203 Å². The Morgan fingerprint density at radius 2 is 1.03 bits per heavy atom. The molecular weight excluding hydrogens is 452 g/mol. The van der Waals surface area contributed by atoms with Gasteiger partial charge in [-0.3, -0.25) is 0 Å². The second-order valence-corrected chi connectivity index (χ2v) is 7.22. The fourth-order valence-electron chi connectivity index (χ4n) is 2.73. The summed E-state index contributed by atoms with van der Waals surface area (Å²) >= 11 is 0. The molecule has 2 aromatic rings. The predicted molar refractivity (Wildman–Crippen MR) is 129 cm³/mol. The Hall–Kier alpha value is -4.34. The molecule has 10 heteroatoms. The summed E-state index contributed by atoms with van der Waals surface area (Å²) in [4.78, 5) is 23.6. The van der Waals surface area contributed by atoms with E-state index < -0.39 is 11.9 Å². The molecule has 0 saturated heterocycles. The molecule has 35 heavy (non-hydrogen) atoms. The van der Waals surface area contributed by atoms with Crippen LogP contribution in [-0.2, 0) is 25.5 Å². The van der Waals surface area contributed by atoms with Crippen molar-refractivity contribution in [3.05, 3.63) is 82.6 Å². The van der Waals surface area contributed by atoms with Crippen LogP contribution in [-0.4, -0.2) is 35.4 Å². The van der Waals surface area contributed by atoms with Crippen LogP contribution in [0.1, 0.15) is 38.8 Å². The summed E-state index contributed by atoms with van der Waals surface area (Å²) in [5, 5.41) is 34.9. The monoisotopic (exact) mass is 480 g/mol. The molecular formula is C25H28N4O6. The second-order valence-electron chi connectivity index (χ2n) is 7.22. The molecule has 0 atom stereocenters. The Balaban J connectivity index is 2.05. The number of aliphatic hydroxyl groups is 2. The maximum absolute atomic E-state index is 11.8. The summed E-state index contributed by atoms with van der Waals surface area (Å²) in [5.74, 6) is -2.02. The van der Waals surface area contributed by atoms with Gasteiger partial charge in [0.2, 0.25) is 11.4 Å². The van der Waals surface area contributed by atoms with E-state index in [4.69, 9.17) is 9.47 Å². The van der Waals surface area contributed by atoms with Crippen LogP contribution >= 0.6 is 0 Å². The molecule has 10 nitrogen and oxygen atoms in total. The molecule has 0 heterocycles. The van der Waals surface area contributed by atoms with E-state index in [0.29, 0.717) is 17.8 Å². The zero-order valence-electron chi connectivity index (χ0n) is 20.1. The zero-order chi connectivity index (χ0) is 25.8. The first-order valence-electron chi connectivity index (χ1n) is 10.9. The highest BCUT2D eigenvalue weighted by atomic mass is 16.5. The van der Waals surface area contributed by atoms with E-state index >= 15 is 0 Å². The number of azo groups is 2. The number of allylic oxidation sites excluding steroid dienone is 2. The van der Waals surface area contributed by atoms with E-state index in [0.717, 1.165) is 11.1 Å². The van der Waals surface area contributed by atoms with Gasteiger partial charge in [-0.15, -0.1) is 10.2 Å². The summed E-state index contributed by atoms with van der Waals surface area (Å²) in [7, 11) is 0. The fraction of sp³-hybridized carbons (Fsp3) is 0.280. The maximum atomic E-state index is 11.8. The number of benzene rings is 2. The minimum atomic E-state index is -0.740. The van der Waals surface area contributed by atoms with Gasteiger partial charge in [-0.05, 0) is 69.5 Å². The third-order valence-electron chi connectivity index (χ3n) is 4.43. The normalized spacial score (nSPS) is 12.9. The zero-order valence-corrected chi connectivity index (χ0v) is 20.1. The molecule has 0 saturated carbocycles. The van der Waals surface area contributed by atoms with Gasteiger partial charge in [-0.25, -0.2) is 9.59 Å². The molecule has 184 valence electrons. The number of hydrogen-bond acceptors (Lipinski definition) is 10. The number of carbonyl (C=O) groups excluding carboxylic acids is 2. The molecule has 0 unspecified atom stereocenters. The van der Waals surface area contributed by atoms with Crippen LogP contribution in [0.25, 0.3) is 0 Å². The lowest BCUT2D eigenvalue weighted by Gasteiger charge is -2.04. The van der Waals surface area contributed by atoms with Crippen molar-refractivity contribution in [3.63, 3.8) is 0 Å². The predicted octanol–water partition coefficient (Wildman–Crippen LogP) is 6.15. The highest BCUT2D eigenvalue weighted by Crippen LogP contribution is 2.21. The SMILES string of the molecule is CCOC(=O)/C(N=Nc1ccc(Cc2ccc(N=N/C(C(=O)OCC)=C(\C)O)cc2)cc1)=C(/C)O. The molecule has 0 radical (unpaired) electrons. The minimum absolute atomic E-state index is 0.164. The summed E-state index contributed by atoms with van der Waals surface area (Å²) < 4.78 is 9.70. The van der Waals surface area contributed by atoms with Crippen LogP contribution in [0.2, 0.25) is 0 Å². The van der Waals surface area contributed by atoms with Crippen molar-refractivity contribution in [2.24, 2.45) is 20.5 Å². The van der Waals surface area contributed by atoms with Crippen molar-refractivity contribution >= 4 is 23.3 Å². The van der Waals surface area contributed by atoms with E-state index in [1.54, 1.807) is 38.1 Å². The number of rotatable bonds is 10. The lowest BCUT2D eigenvalue weighted by atomic mass is 10.0. The molecule has 0 amide bonds. The molecule has 2 N–H and O–H groups in total. The average Bonchev–Trinajstić information content (AvgIpc) is 2.81. The number of aliphatic hydroxyl groups excluding tert-OH is 2. The van der Waals surface area contributed by atoms with Gasteiger partial charge >= 0.3 is 11.9 Å². The average molecular weight is 481 g/mol. The Kier molecular flexibility index (Phi) is 10.3. The molecule has 0 spiro atoms. The topological polar surface area (TPSA) is 142 Å². The van der Waals surface area contributed by atoms with Crippen LogP contribution in [0.5, 0.6) is 0 Å². The van der Waals surface area contributed by atoms with Crippen LogP contribution < -0.4 is 0 Å². The summed E-state index contributed by atoms with van der Waals surface area (Å²) in [5.41, 5.74) is 2.57. The quantitative estimate of drug-likeness (QED) is 0.181. The third kappa shape index (κ3) is 8.50. The lowest BCUT2D eigenvalue weighted by Crippen LogP contribution is -2.07. The largest absolute Gasteiger partial charge is 0.510 e. The molecule has 0 fully saturated rings. The van der Waals surface area contributed by atoms with Crippen LogP contribution in [0, 0.1) is 0 Å². The van der Waals surface area contributed by atoms with Crippen LogP contribution in [0.4, 0.5) is 11.4 Å². The first-order chi connectivity index (χ1) is 16.7. The van der Waals surface area contributed by atoms with Gasteiger partial charge in [-0.2, -0.15) is 10.2 Å². The van der Waals surface area contributed by atoms with Gasteiger partial charge in [0.15, 0.2) is 0 Å². The van der Waals surface area contributed by atoms with Gasteiger partial charge in [0.25, 0.3) is 0 Å². The number of ether oxygens (including phenoxy) is 2. The number of carbonyl (C=O) groups is 2. The first kappa shape index (κ1) is 26.9. The van der Waals surface area contributed by atoms with Crippen molar-refractivity contribution in [1.29, 1.82) is 0 Å². The summed E-state index contributed by atoms with van der Waals surface area (Å²) in [6.07, 6.45) is 0.641. The van der Waals surface area contributed by atoms with Crippen molar-refractivity contribution in [2.75, 3.05) is 13.2 Å². The van der Waals surface area contributed by atoms with Crippen molar-refractivity contribution in [2.45, 2.75) is 34.1 Å². The van der Waals surface area contributed by atoms with Gasteiger partial charge < -0.3 is 19.7 Å². The van der Waals surface area contributed by atoms with Crippen LogP contribution in [0.15, 0.2) is 91.9 Å². The van der Waals surface area contributed by atoms with Gasteiger partial charge in [0.1, 0.15) is 11.5 Å². The minimum Gasteiger partial charge on any atom is -0.510 e. The van der Waals surface area contributed by atoms with Crippen molar-refractivity contribution in [1.82, 2.24) is 0 Å². The summed E-state index contributed by atoms with van der Waals surface area (Å²) in [6, 6.07) is 14.5. The molecule has 2 aromatic carbocycles. The Morgan fingerprint density at radius 1 is 0.686 bits per heavy atom. The van der Waals surface area contributed by atoms with E-state index in [1.807, 2.05) is 24.3 Å². The Morgan fingerprint density at radius 3 is 1.31 bits per heavy atom. The van der Waals surface area contributed by atoms with E-state index in [-0.39, 0.29) is 36.1 Å². The lowest BCUT2D eigenvalue weighted by molar-refractivity contribution is -0.139. The molecule has 0 aromatic heterocycles. The highest BCUT2D eigenvalue weighted by molar-refractivity contribution is 5.88. The second kappa shape index (κ2) is 13.4. The molecule has 0 bridgehead atoms. The molecule has 2 rings (SSSR count). The van der Waals surface area contributed by atoms with Crippen molar-refractivity contribution < 1.29 is 29.3 Å². The Bertz CT molecular complexity index is 1050. The van der Waals surface area contributed by atoms with Gasteiger partial charge in [0.05, 0.1) is 24.6 Å². The standard InChI is InChI=1S/C25H28N4O6/c1-5-34-24(32)22(16(3)30)28-26-20-11-7-18(8-12-20)15-19-9-13-21(14-10-19)27-29-23(17(4)31)25(33)35-6-2/h7-14,30-31H,5-6,15H2,1-4H3/b22-16+,23-17+,28-26?,29-27?. The van der Waals surface area contributed by atoms with Gasteiger partial charge in [0, 0.05) is 0 Å². The smallest absolute Gasteiger partial charge is 0.362 e. The van der Waals surface area contributed by atoms with E-state index in [2.05, 4.69) is 20.5 Å². The van der Waals surface area contributed by atoms with Crippen LogP contribution in [0.3, 0.4) is 0 Å².